The molecule has 0 aliphatic carbocycles. The molecule has 0 fully saturated rings. The second-order valence-corrected chi connectivity index (χ2v) is 6.23. The average Bonchev–Trinajstić information content (AvgIpc) is 3.00. The molecular weight excluding hydrogens is 316 g/mol. The maximum atomic E-state index is 12.4. The second-order valence-electron chi connectivity index (χ2n) is 6.23. The number of carbonyl (C=O) groups excluding carboxylic acids is 1. The van der Waals surface area contributed by atoms with Crippen molar-refractivity contribution in [3.05, 3.63) is 71.4 Å². The summed E-state index contributed by atoms with van der Waals surface area (Å²) >= 11 is 0. The van der Waals surface area contributed by atoms with Gasteiger partial charge in [0.25, 0.3) is 0 Å². The Morgan fingerprint density at radius 1 is 1.20 bits per heavy atom. The maximum absolute atomic E-state index is 12.4. The molecule has 3 aromatic rings. The lowest BCUT2D eigenvalue weighted by Gasteiger charge is -2.36. The van der Waals surface area contributed by atoms with Crippen molar-refractivity contribution in [3.63, 3.8) is 0 Å². The van der Waals surface area contributed by atoms with Gasteiger partial charge in [-0.2, -0.15) is 5.06 Å². The number of aromatic nitrogens is 1. The Balaban J connectivity index is 1.89. The van der Waals surface area contributed by atoms with Gasteiger partial charge in [-0.25, -0.2) is 0 Å². The van der Waals surface area contributed by atoms with E-state index >= 15 is 0 Å². The number of hydrogen-bond donors (Lipinski definition) is 2. The monoisotopic (exact) mass is 336 g/mol. The highest BCUT2D eigenvalue weighted by atomic mass is 16.6. The van der Waals surface area contributed by atoms with Crippen LogP contribution in [0.5, 0.6) is 0 Å². The number of carbonyl (C=O) groups is 1. The number of aromatic amines is 1. The Kier molecular flexibility index (Phi) is 4.03. The summed E-state index contributed by atoms with van der Waals surface area (Å²) in [6.45, 7) is 2.06. The minimum absolute atomic E-state index is 0.292. The van der Waals surface area contributed by atoms with Crippen LogP contribution in [0.25, 0.3) is 10.9 Å². The molecule has 2 N–H and O–H groups in total. The summed E-state index contributed by atoms with van der Waals surface area (Å²) in [5.74, 6) is -0.401. The highest BCUT2D eigenvalue weighted by Crippen LogP contribution is 2.39. The van der Waals surface area contributed by atoms with Crippen LogP contribution in [-0.4, -0.2) is 33.9 Å². The Bertz CT molecular complexity index is 904. The Morgan fingerprint density at radius 3 is 2.68 bits per heavy atom. The van der Waals surface area contributed by atoms with Crippen LogP contribution in [0.2, 0.25) is 0 Å². The van der Waals surface area contributed by atoms with Gasteiger partial charge in [0.2, 0.25) is 0 Å². The first-order valence-corrected chi connectivity index (χ1v) is 8.49. The second kappa shape index (κ2) is 6.35. The molecule has 0 amide bonds. The van der Waals surface area contributed by atoms with Crippen molar-refractivity contribution in [1.29, 1.82) is 0 Å². The number of para-hydroxylation sites is 1. The van der Waals surface area contributed by atoms with E-state index in [4.69, 9.17) is 4.74 Å². The first kappa shape index (κ1) is 15.9. The summed E-state index contributed by atoms with van der Waals surface area (Å²) in [5.41, 5.74) is 3.92. The number of hydroxylamine groups is 2. The van der Waals surface area contributed by atoms with Crippen molar-refractivity contribution < 1.29 is 14.7 Å². The van der Waals surface area contributed by atoms with E-state index < -0.39 is 18.1 Å². The topological polar surface area (TPSA) is 65.6 Å². The van der Waals surface area contributed by atoms with Gasteiger partial charge >= 0.3 is 5.97 Å². The van der Waals surface area contributed by atoms with Gasteiger partial charge in [0.05, 0.1) is 6.61 Å². The lowest BCUT2D eigenvalue weighted by molar-refractivity contribution is -0.187. The molecule has 0 saturated carbocycles. The lowest BCUT2D eigenvalue weighted by atomic mass is 9.90. The molecular formula is C20H20N2O3. The van der Waals surface area contributed by atoms with Crippen LogP contribution < -0.4 is 0 Å². The molecule has 2 heterocycles. The number of hydrogen-bond acceptors (Lipinski definition) is 4. The Labute approximate surface area is 145 Å². The van der Waals surface area contributed by atoms with Crippen LogP contribution in [0.15, 0.2) is 54.6 Å². The first-order chi connectivity index (χ1) is 12.2. The highest BCUT2D eigenvalue weighted by molar-refractivity contribution is 5.87. The third-order valence-corrected chi connectivity index (χ3v) is 4.78. The van der Waals surface area contributed by atoms with Gasteiger partial charge < -0.3 is 14.9 Å². The number of nitrogens with zero attached hydrogens (tertiary/aromatic N) is 1. The minimum atomic E-state index is -0.725. The van der Waals surface area contributed by atoms with Crippen LogP contribution in [0.1, 0.15) is 29.8 Å². The number of fused-ring (bicyclic) bond motifs is 3. The van der Waals surface area contributed by atoms with E-state index in [0.717, 1.165) is 32.8 Å². The zero-order chi connectivity index (χ0) is 17.4. The van der Waals surface area contributed by atoms with E-state index in [0.29, 0.717) is 13.0 Å². The fraction of sp³-hybridized carbons (Fsp3) is 0.250. The molecule has 2 aromatic carbocycles. The SMILES string of the molecule is CCOC(=O)[C@H]1Cc2c([nH]c3ccccc23)[C@H](c2ccccc2)N1O. The number of esters is 1. The normalized spacial score (nSPS) is 20.4. The van der Waals surface area contributed by atoms with Gasteiger partial charge in [-0.3, -0.25) is 4.79 Å². The molecule has 0 bridgehead atoms. The molecule has 5 nitrogen and oxygen atoms in total. The number of H-pyrrole nitrogens is 1. The predicted octanol–water partition coefficient (Wildman–Crippen LogP) is 3.44. The van der Waals surface area contributed by atoms with E-state index in [1.165, 1.54) is 0 Å². The van der Waals surface area contributed by atoms with Crippen molar-refractivity contribution in [3.8, 4) is 0 Å². The third kappa shape index (κ3) is 2.62. The predicted molar refractivity (Wildman–Crippen MR) is 94.3 cm³/mol. The molecule has 1 aliphatic heterocycles. The van der Waals surface area contributed by atoms with Gasteiger partial charge in [-0.15, -0.1) is 0 Å². The smallest absolute Gasteiger partial charge is 0.326 e. The van der Waals surface area contributed by atoms with E-state index in [-0.39, 0.29) is 0 Å². The van der Waals surface area contributed by atoms with E-state index in [9.17, 15) is 10.0 Å². The largest absolute Gasteiger partial charge is 0.465 e. The van der Waals surface area contributed by atoms with Crippen molar-refractivity contribution >= 4 is 16.9 Å². The summed E-state index contributed by atoms with van der Waals surface area (Å²) in [5, 5.41) is 13.1. The molecule has 0 spiro atoms. The summed E-state index contributed by atoms with van der Waals surface area (Å²) < 4.78 is 5.19. The average molecular weight is 336 g/mol. The van der Waals surface area contributed by atoms with Crippen LogP contribution in [0.4, 0.5) is 0 Å². The minimum Gasteiger partial charge on any atom is -0.465 e. The molecule has 1 aromatic heterocycles. The van der Waals surface area contributed by atoms with Crippen molar-refractivity contribution in [2.45, 2.75) is 25.4 Å². The lowest BCUT2D eigenvalue weighted by Crippen LogP contribution is -2.47. The molecule has 5 heteroatoms. The van der Waals surface area contributed by atoms with E-state index in [1.807, 2.05) is 54.6 Å². The van der Waals surface area contributed by atoms with Crippen LogP contribution >= 0.6 is 0 Å². The van der Waals surface area contributed by atoms with E-state index in [2.05, 4.69) is 4.98 Å². The van der Waals surface area contributed by atoms with Gasteiger partial charge in [0.15, 0.2) is 0 Å². The van der Waals surface area contributed by atoms with Gasteiger partial charge in [0.1, 0.15) is 12.1 Å². The molecule has 0 saturated heterocycles. The van der Waals surface area contributed by atoms with E-state index in [1.54, 1.807) is 6.92 Å². The molecule has 128 valence electrons. The standard InChI is InChI=1S/C20H20N2O3/c1-2-25-20(23)17-12-15-14-10-6-7-11-16(14)21-18(15)19(22(17)24)13-8-4-3-5-9-13/h3-11,17,19,21,24H,2,12H2,1H3/t17-,19+/m1/s1. The Hall–Kier alpha value is -2.63. The fourth-order valence-electron chi connectivity index (χ4n) is 3.66. The zero-order valence-corrected chi connectivity index (χ0v) is 14.0. The van der Waals surface area contributed by atoms with Crippen LogP contribution in [0.3, 0.4) is 0 Å². The van der Waals surface area contributed by atoms with Crippen molar-refractivity contribution in [1.82, 2.24) is 10.0 Å². The number of rotatable bonds is 3. The maximum Gasteiger partial charge on any atom is 0.326 e. The summed E-state index contributed by atoms with van der Waals surface area (Å²) in [7, 11) is 0. The van der Waals surface area contributed by atoms with Crippen LogP contribution in [0, 0.1) is 0 Å². The van der Waals surface area contributed by atoms with Crippen molar-refractivity contribution in [2.75, 3.05) is 6.61 Å². The van der Waals surface area contributed by atoms with Gasteiger partial charge in [-0.1, -0.05) is 48.5 Å². The fourth-order valence-corrected chi connectivity index (χ4v) is 3.66. The zero-order valence-electron chi connectivity index (χ0n) is 14.0. The molecule has 4 rings (SSSR count). The molecule has 0 radical (unpaired) electrons. The van der Waals surface area contributed by atoms with Crippen molar-refractivity contribution in [2.24, 2.45) is 0 Å². The number of benzene rings is 2. The molecule has 25 heavy (non-hydrogen) atoms. The summed E-state index contributed by atoms with van der Waals surface area (Å²) in [6.07, 6.45) is 0.415. The van der Waals surface area contributed by atoms with Gasteiger partial charge in [0, 0.05) is 23.0 Å². The van der Waals surface area contributed by atoms with Gasteiger partial charge in [-0.05, 0) is 24.1 Å². The molecule has 0 unspecified atom stereocenters. The van der Waals surface area contributed by atoms with Crippen LogP contribution in [-0.2, 0) is 16.0 Å². The first-order valence-electron chi connectivity index (χ1n) is 8.49. The quantitative estimate of drug-likeness (QED) is 0.719. The number of ether oxygens (including phenoxy) is 1. The summed E-state index contributed by atoms with van der Waals surface area (Å²) in [4.78, 5) is 15.9. The molecule has 1 aliphatic rings. The summed E-state index contributed by atoms with van der Waals surface area (Å²) in [6, 6.07) is 16.6. The Morgan fingerprint density at radius 2 is 1.92 bits per heavy atom. The number of nitrogens with one attached hydrogen (secondary N) is 1. The third-order valence-electron chi connectivity index (χ3n) is 4.78. The highest BCUT2D eigenvalue weighted by Gasteiger charge is 2.41. The molecule has 2 atom stereocenters.